The van der Waals surface area contributed by atoms with Crippen LogP contribution in [0.4, 0.5) is 5.82 Å². The molecule has 0 aliphatic heterocycles. The van der Waals surface area contributed by atoms with Crippen molar-refractivity contribution >= 4 is 34.5 Å². The van der Waals surface area contributed by atoms with Crippen LogP contribution in [0.2, 0.25) is 0 Å². The summed E-state index contributed by atoms with van der Waals surface area (Å²) in [5, 5.41) is 22.5. The Hall–Kier alpha value is -3.49. The second-order valence-corrected chi connectivity index (χ2v) is 6.81. The second kappa shape index (κ2) is 7.81. The lowest BCUT2D eigenvalue weighted by Crippen LogP contribution is -2.28. The van der Waals surface area contributed by atoms with Gasteiger partial charge < -0.3 is 9.73 Å². The van der Waals surface area contributed by atoms with Gasteiger partial charge in [0.15, 0.2) is 5.03 Å². The zero-order chi connectivity index (χ0) is 19.4. The number of furan rings is 1. The first-order chi connectivity index (χ1) is 13.0. The number of nitrogen functional groups attached to an aromatic ring is 1. The molecule has 0 bridgehead atoms. The molecule has 3 rings (SSSR count). The van der Waals surface area contributed by atoms with Crippen LogP contribution in [0.1, 0.15) is 29.9 Å². The van der Waals surface area contributed by atoms with E-state index in [1.807, 2.05) is 49.4 Å². The van der Waals surface area contributed by atoms with Crippen LogP contribution in [-0.4, -0.2) is 11.7 Å². The number of nitrogens with one attached hydrogen (secondary N) is 2. The highest BCUT2D eigenvalue weighted by Crippen LogP contribution is 2.24. The summed E-state index contributed by atoms with van der Waals surface area (Å²) in [6.45, 7) is 1.84. The molecule has 0 saturated carbocycles. The number of carbonyl (C=O) groups is 1. The van der Waals surface area contributed by atoms with Crippen LogP contribution >= 0.6 is 11.8 Å². The third-order valence-corrected chi connectivity index (χ3v) is 4.93. The molecule has 0 unspecified atom stereocenters. The number of aromatic amines is 1. The molecule has 134 valence electrons. The summed E-state index contributed by atoms with van der Waals surface area (Å²) >= 11 is 1.15. The standard InChI is InChI=1S/C19H15N5O2S/c1-11(16-7-12-4-2-3-5-15(12)26-16)23-17(25)10-27-19-14(9-21)6-13(8-20)18(22)24-19/h2-7,11H,10H2,1H3,(H2,22,24)(H,23,25)/p+1/t11-/m1/s1. The number of amides is 1. The number of para-hydroxylation sites is 1. The van der Waals surface area contributed by atoms with Crippen molar-refractivity contribution in [1.29, 1.82) is 10.5 Å². The molecule has 1 amide bonds. The van der Waals surface area contributed by atoms with Crippen LogP contribution in [0.5, 0.6) is 0 Å². The molecule has 7 nitrogen and oxygen atoms in total. The van der Waals surface area contributed by atoms with E-state index in [1.165, 1.54) is 6.07 Å². The monoisotopic (exact) mass is 378 g/mol. The lowest BCUT2D eigenvalue weighted by molar-refractivity contribution is -0.410. The van der Waals surface area contributed by atoms with Gasteiger partial charge >= 0.3 is 0 Å². The van der Waals surface area contributed by atoms with Gasteiger partial charge in [-0.1, -0.05) is 30.0 Å². The van der Waals surface area contributed by atoms with Gasteiger partial charge in [-0.05, 0) is 25.1 Å². The average molecular weight is 378 g/mol. The number of thioether (sulfide) groups is 1. The van der Waals surface area contributed by atoms with E-state index in [0.29, 0.717) is 10.8 Å². The van der Waals surface area contributed by atoms with Crippen LogP contribution in [0, 0.1) is 22.7 Å². The number of anilines is 1. The van der Waals surface area contributed by atoms with Gasteiger partial charge in [0.1, 0.15) is 34.6 Å². The minimum atomic E-state index is -0.295. The van der Waals surface area contributed by atoms with Gasteiger partial charge in [-0.15, -0.1) is 0 Å². The van der Waals surface area contributed by atoms with Crippen molar-refractivity contribution in [2.75, 3.05) is 11.5 Å². The van der Waals surface area contributed by atoms with Crippen LogP contribution in [0.3, 0.4) is 0 Å². The maximum atomic E-state index is 12.3. The maximum Gasteiger partial charge on any atom is 0.289 e. The minimum absolute atomic E-state index is 0.0844. The van der Waals surface area contributed by atoms with Crippen LogP contribution in [0.25, 0.3) is 11.0 Å². The lowest BCUT2D eigenvalue weighted by atomic mass is 10.2. The first kappa shape index (κ1) is 18.3. The number of benzene rings is 1. The summed E-state index contributed by atoms with van der Waals surface area (Å²) in [4.78, 5) is 15.1. The fraction of sp³-hybridized carbons (Fsp3) is 0.158. The highest BCUT2D eigenvalue weighted by molar-refractivity contribution is 7.99. The molecule has 2 heterocycles. The normalized spacial score (nSPS) is 11.5. The van der Waals surface area contributed by atoms with Gasteiger partial charge in [0.25, 0.3) is 5.82 Å². The summed E-state index contributed by atoms with van der Waals surface area (Å²) in [5.74, 6) is 0.700. The molecule has 0 radical (unpaired) electrons. The maximum absolute atomic E-state index is 12.3. The number of nitrogens with zero attached hydrogens (tertiary/aromatic N) is 2. The number of nitrogens with two attached hydrogens (primary N) is 1. The van der Waals surface area contributed by atoms with E-state index in [2.05, 4.69) is 10.3 Å². The van der Waals surface area contributed by atoms with Crippen molar-refractivity contribution in [2.45, 2.75) is 18.0 Å². The Morgan fingerprint density at radius 1 is 1.30 bits per heavy atom. The molecule has 3 aromatic rings. The molecule has 2 aromatic heterocycles. The smallest absolute Gasteiger partial charge is 0.289 e. The predicted octanol–water partition coefficient (Wildman–Crippen LogP) is 2.54. The largest absolute Gasteiger partial charge is 0.459 e. The van der Waals surface area contributed by atoms with Crippen molar-refractivity contribution in [3.63, 3.8) is 0 Å². The number of nitriles is 2. The van der Waals surface area contributed by atoms with Crippen LogP contribution in [-0.2, 0) is 4.79 Å². The van der Waals surface area contributed by atoms with E-state index >= 15 is 0 Å². The van der Waals surface area contributed by atoms with Crippen LogP contribution in [0.15, 0.2) is 45.8 Å². The number of pyridine rings is 1. The SMILES string of the molecule is C[C@@H](NC(=O)CSc1[nH+]c(N)c(C#N)cc1C#N)c1cc2ccccc2o1. The van der Waals surface area contributed by atoms with E-state index in [1.54, 1.807) is 0 Å². The third kappa shape index (κ3) is 4.02. The number of H-pyrrole nitrogens is 1. The summed E-state index contributed by atoms with van der Waals surface area (Å²) in [7, 11) is 0. The van der Waals surface area contributed by atoms with Gasteiger partial charge in [-0.25, -0.2) is 4.98 Å². The second-order valence-electron chi connectivity index (χ2n) is 5.83. The summed E-state index contributed by atoms with van der Waals surface area (Å²) in [6, 6.07) is 14.6. The van der Waals surface area contributed by atoms with Crippen molar-refractivity contribution in [2.24, 2.45) is 0 Å². The van der Waals surface area contributed by atoms with E-state index in [9.17, 15) is 10.1 Å². The van der Waals surface area contributed by atoms with E-state index in [4.69, 9.17) is 15.4 Å². The van der Waals surface area contributed by atoms with Crippen LogP contribution < -0.4 is 16.0 Å². The molecule has 1 aromatic carbocycles. The summed E-state index contributed by atoms with van der Waals surface area (Å²) in [6.07, 6.45) is 0. The number of hydrogen-bond donors (Lipinski definition) is 2. The number of fused-ring (bicyclic) bond motifs is 1. The molecular formula is C19H16N5O2S+. The van der Waals surface area contributed by atoms with E-state index < -0.39 is 0 Å². The Kier molecular flexibility index (Phi) is 5.30. The van der Waals surface area contributed by atoms with Crippen molar-refractivity contribution in [1.82, 2.24) is 5.32 Å². The molecule has 0 aliphatic carbocycles. The van der Waals surface area contributed by atoms with Gasteiger partial charge in [0.05, 0.1) is 11.8 Å². The molecule has 1 atom stereocenters. The zero-order valence-corrected chi connectivity index (χ0v) is 15.3. The zero-order valence-electron chi connectivity index (χ0n) is 14.4. The molecule has 27 heavy (non-hydrogen) atoms. The number of hydrogen-bond acceptors (Lipinski definition) is 6. The first-order valence-corrected chi connectivity index (χ1v) is 9.07. The van der Waals surface area contributed by atoms with Crippen molar-refractivity contribution in [3.8, 4) is 12.1 Å². The molecule has 0 saturated heterocycles. The highest BCUT2D eigenvalue weighted by Gasteiger charge is 2.18. The molecule has 0 spiro atoms. The Morgan fingerprint density at radius 3 is 2.74 bits per heavy atom. The Labute approximate surface area is 159 Å². The Balaban J connectivity index is 1.65. The summed E-state index contributed by atoms with van der Waals surface area (Å²) in [5.41, 5.74) is 6.97. The van der Waals surface area contributed by atoms with Crippen molar-refractivity contribution < 1.29 is 14.2 Å². The third-order valence-electron chi connectivity index (χ3n) is 3.91. The van der Waals surface area contributed by atoms with Gasteiger partial charge in [-0.2, -0.15) is 10.5 Å². The Morgan fingerprint density at radius 2 is 2.04 bits per heavy atom. The molecule has 0 fully saturated rings. The minimum Gasteiger partial charge on any atom is -0.459 e. The number of aromatic nitrogens is 1. The first-order valence-electron chi connectivity index (χ1n) is 8.08. The molecule has 0 aliphatic rings. The highest BCUT2D eigenvalue weighted by atomic mass is 32.2. The lowest BCUT2D eigenvalue weighted by Gasteiger charge is -2.11. The summed E-state index contributed by atoms with van der Waals surface area (Å²) < 4.78 is 5.75. The number of carbonyl (C=O) groups excluding carboxylic acids is 1. The van der Waals surface area contributed by atoms with Gasteiger partial charge in [-0.3, -0.25) is 10.5 Å². The molecule has 4 N–H and O–H groups in total. The Bertz CT molecular complexity index is 1060. The van der Waals surface area contributed by atoms with E-state index in [0.717, 1.165) is 22.7 Å². The average Bonchev–Trinajstić information content (AvgIpc) is 3.11. The molecular weight excluding hydrogens is 362 g/mol. The quantitative estimate of drug-likeness (QED) is 0.656. The topological polar surface area (TPSA) is 130 Å². The van der Waals surface area contributed by atoms with Gasteiger partial charge in [0.2, 0.25) is 5.91 Å². The fourth-order valence-corrected chi connectivity index (χ4v) is 3.34. The number of rotatable bonds is 5. The van der Waals surface area contributed by atoms with E-state index in [-0.39, 0.29) is 34.6 Å². The van der Waals surface area contributed by atoms with Crippen molar-refractivity contribution in [3.05, 3.63) is 53.3 Å². The van der Waals surface area contributed by atoms with Gasteiger partial charge in [0, 0.05) is 5.39 Å². The predicted molar refractivity (Wildman–Crippen MR) is 100 cm³/mol. The fourth-order valence-electron chi connectivity index (χ4n) is 2.54. The molecule has 8 heteroatoms.